The molecule has 4 amide bonds. The highest BCUT2D eigenvalue weighted by Gasteiger charge is 2.66. The Bertz CT molecular complexity index is 2650. The molecule has 0 radical (unpaired) electrons. The fraction of sp³-hybridized carbons (Fsp3) is 0.719. The van der Waals surface area contributed by atoms with Crippen LogP contribution in [-0.2, 0) is 71.6 Å². The van der Waals surface area contributed by atoms with Gasteiger partial charge >= 0.3 is 23.9 Å². The number of amides is 4. The number of esters is 4. The zero-order valence-electron chi connectivity index (χ0n) is 50.9. The molecule has 0 aromatic carbocycles. The number of aliphatic hydroxyl groups is 1. The van der Waals surface area contributed by atoms with Crippen molar-refractivity contribution in [1.82, 2.24) is 10.6 Å². The fourth-order valence-corrected chi connectivity index (χ4v) is 17.2. The Morgan fingerprint density at radius 2 is 1.13 bits per heavy atom. The van der Waals surface area contributed by atoms with E-state index in [0.717, 1.165) is 69.6 Å². The SMILES string of the molecule is C=C(C)C(=O)NC(=O)C(C)(C)C.C=C(C)C(=O)NC(=O)C1CCCCC1.C=C(C)C(=O)OC1(C(C)C)C2CC3CC(C2)CC1C3.C=C(C)C(=O)OC1C2CC3CC1CC(O)(C3)C2.C=C(C)C(=O)OCC(=O)OC1C2CC3C1OS(=O)(=O)C3C2. The Balaban J connectivity index is 0.000000169. The maximum Gasteiger partial charge on any atom is 0.344 e. The van der Waals surface area contributed by atoms with Crippen molar-refractivity contribution in [1.29, 1.82) is 0 Å². The summed E-state index contributed by atoms with van der Waals surface area (Å²) in [5, 5.41) is 14.6. The lowest BCUT2D eigenvalue weighted by Crippen LogP contribution is -2.62. The number of rotatable bonds is 12. The van der Waals surface area contributed by atoms with Crippen molar-refractivity contribution in [2.45, 2.75) is 213 Å². The lowest BCUT2D eigenvalue weighted by molar-refractivity contribution is -0.221. The third-order valence-electron chi connectivity index (χ3n) is 18.9. The van der Waals surface area contributed by atoms with Gasteiger partial charge < -0.3 is 24.1 Å². The summed E-state index contributed by atoms with van der Waals surface area (Å²) in [4.78, 5) is 91.5. The van der Waals surface area contributed by atoms with Crippen LogP contribution in [0.4, 0.5) is 0 Å². The number of ether oxygens (including phenoxy) is 4. The van der Waals surface area contributed by atoms with Crippen LogP contribution in [0.15, 0.2) is 60.8 Å². The summed E-state index contributed by atoms with van der Waals surface area (Å²) in [7, 11) is -3.53. The normalized spacial score (nSPS) is 33.8. The molecule has 11 saturated carbocycles. The molecule has 1 aliphatic heterocycles. The van der Waals surface area contributed by atoms with Gasteiger partial charge in [0.25, 0.3) is 21.9 Å². The summed E-state index contributed by atoms with van der Waals surface area (Å²) in [6.45, 7) is 35.0. The van der Waals surface area contributed by atoms with Crippen LogP contribution >= 0.6 is 0 Å². The number of hydrogen-bond donors (Lipinski definition) is 3. The molecule has 462 valence electrons. The van der Waals surface area contributed by atoms with Crippen molar-refractivity contribution in [3.8, 4) is 0 Å². The van der Waals surface area contributed by atoms with Crippen LogP contribution in [-0.4, -0.2) is 102 Å². The van der Waals surface area contributed by atoms with E-state index in [1.807, 2.05) is 0 Å². The van der Waals surface area contributed by atoms with Gasteiger partial charge in [-0.25, -0.2) is 19.2 Å². The lowest BCUT2D eigenvalue weighted by Gasteiger charge is -2.61. The third-order valence-corrected chi connectivity index (χ3v) is 20.7. The molecule has 10 bridgehead atoms. The van der Waals surface area contributed by atoms with Gasteiger partial charge in [-0.3, -0.25) is 34.0 Å². The summed E-state index contributed by atoms with van der Waals surface area (Å²) in [6, 6.07) is 0. The van der Waals surface area contributed by atoms with Gasteiger partial charge in [0.15, 0.2) is 6.61 Å². The van der Waals surface area contributed by atoms with Gasteiger partial charge in [-0.1, -0.05) is 86.8 Å². The summed E-state index contributed by atoms with van der Waals surface area (Å²) in [5.41, 5.74) is 0.723. The highest BCUT2D eigenvalue weighted by atomic mass is 32.2. The number of hydrogen-bond acceptors (Lipinski definition) is 16. The first kappa shape index (κ1) is 66.9. The van der Waals surface area contributed by atoms with Gasteiger partial charge in [-0.05, 0) is 172 Å². The van der Waals surface area contributed by atoms with Gasteiger partial charge in [0.1, 0.15) is 23.9 Å². The first-order valence-electron chi connectivity index (χ1n) is 30.0. The molecule has 3 N–H and O–H groups in total. The van der Waals surface area contributed by atoms with Crippen LogP contribution in [0.1, 0.15) is 178 Å². The monoisotopic (exact) mass is 1180 g/mol. The van der Waals surface area contributed by atoms with Gasteiger partial charge in [-0.15, -0.1) is 0 Å². The zero-order chi connectivity index (χ0) is 61.8. The number of nitrogens with one attached hydrogen (secondary N) is 2. The van der Waals surface area contributed by atoms with Gasteiger partial charge in [0.05, 0.1) is 10.9 Å². The van der Waals surface area contributed by atoms with Crippen molar-refractivity contribution in [3.05, 3.63) is 60.8 Å². The number of carbonyl (C=O) groups is 8. The third kappa shape index (κ3) is 16.2. The first-order chi connectivity index (χ1) is 38.5. The summed E-state index contributed by atoms with van der Waals surface area (Å²) in [6.07, 6.45) is 16.6. The topological polar surface area (TPSA) is 261 Å². The first-order valence-corrected chi connectivity index (χ1v) is 31.5. The predicted molar refractivity (Wildman–Crippen MR) is 310 cm³/mol. The number of carbonyl (C=O) groups excluding carboxylic acids is 8. The van der Waals surface area contributed by atoms with Crippen LogP contribution in [0.3, 0.4) is 0 Å². The van der Waals surface area contributed by atoms with E-state index in [2.05, 4.69) is 57.4 Å². The smallest absolute Gasteiger partial charge is 0.344 e. The summed E-state index contributed by atoms with van der Waals surface area (Å²) >= 11 is 0. The van der Waals surface area contributed by atoms with Crippen molar-refractivity contribution in [2.24, 2.45) is 70.5 Å². The predicted octanol–water partition coefficient (Wildman–Crippen LogP) is 9.19. The Kier molecular flexibility index (Phi) is 21.7. The van der Waals surface area contributed by atoms with Crippen LogP contribution < -0.4 is 10.6 Å². The molecule has 12 fully saturated rings. The van der Waals surface area contributed by atoms with Crippen LogP contribution in [0.2, 0.25) is 0 Å². The molecule has 1 saturated heterocycles. The van der Waals surface area contributed by atoms with E-state index in [1.165, 1.54) is 45.4 Å². The van der Waals surface area contributed by atoms with E-state index in [0.29, 0.717) is 70.6 Å². The summed E-state index contributed by atoms with van der Waals surface area (Å²) < 4.78 is 50.2. The second-order valence-electron chi connectivity index (χ2n) is 27.4. The molecule has 0 aromatic rings. The van der Waals surface area contributed by atoms with E-state index >= 15 is 0 Å². The van der Waals surface area contributed by atoms with Crippen molar-refractivity contribution in [3.63, 3.8) is 0 Å². The maximum absolute atomic E-state index is 12.1. The second-order valence-corrected chi connectivity index (χ2v) is 29.2. The summed E-state index contributed by atoms with van der Waals surface area (Å²) in [5.74, 6) is 1.75. The van der Waals surface area contributed by atoms with Crippen LogP contribution in [0.5, 0.6) is 0 Å². The average Bonchev–Trinajstić information content (AvgIpc) is 1.98. The van der Waals surface area contributed by atoms with E-state index in [-0.39, 0.29) is 64.7 Å². The maximum atomic E-state index is 12.1. The molecule has 0 aromatic heterocycles. The van der Waals surface area contributed by atoms with E-state index in [9.17, 15) is 51.9 Å². The molecule has 7 atom stereocenters. The molecular formula is C64H94N2O16S. The van der Waals surface area contributed by atoms with E-state index in [4.69, 9.17) is 23.1 Å². The quantitative estimate of drug-likeness (QED) is 0.0712. The second kappa shape index (κ2) is 27.0. The molecule has 1 heterocycles. The molecule has 11 aliphatic carbocycles. The fourth-order valence-electron chi connectivity index (χ4n) is 15.3. The molecule has 0 spiro atoms. The molecule has 19 heteroatoms. The minimum absolute atomic E-state index is 0.00284. The van der Waals surface area contributed by atoms with Crippen LogP contribution in [0, 0.1) is 70.5 Å². The number of fused-ring (bicyclic) bond motifs is 1. The molecule has 83 heavy (non-hydrogen) atoms. The highest BCUT2D eigenvalue weighted by Crippen LogP contribution is 2.62. The molecule has 18 nitrogen and oxygen atoms in total. The van der Waals surface area contributed by atoms with Gasteiger partial charge in [0, 0.05) is 51.0 Å². The standard InChI is InChI=1S/C17H26O2.C14H20O3.C13H16O7S.C11H17NO2.C9H15NO2/c1-10(2)16(18)19-17(11(3)4)14-6-12-5-13(8-14)9-15(17)7-12;1-8(2)13(15)17-12-10-3-9-4-11(12)7-14(16,5-9)6-10;1-6(2)13(15)18-5-10(14)19-11-7-3-8-9(4-7)21(16,17)20-12(8)11;1-8(2)10(13)12-11(14)9-6-4-3-5-7-9;1-6(2)7(11)10-8(12)9(3,4)5/h11-15H,1,5-9H2,2-4H3;9-12,16H,1,3-7H2,2H3;7-9,11-12H,1,3-5H2,2H3;9H,1,3-7H2,2H3,(H,12,13,14);1H2,2-5H3,(H,10,11,12). The Labute approximate surface area is 492 Å². The van der Waals surface area contributed by atoms with E-state index in [1.54, 1.807) is 48.5 Å². The van der Waals surface area contributed by atoms with Crippen molar-refractivity contribution < 1.29 is 75.0 Å². The Morgan fingerprint density at radius 1 is 0.614 bits per heavy atom. The van der Waals surface area contributed by atoms with Gasteiger partial charge in [0.2, 0.25) is 11.8 Å². The largest absolute Gasteiger partial charge is 0.458 e. The minimum atomic E-state index is -3.53. The van der Waals surface area contributed by atoms with E-state index < -0.39 is 63.0 Å². The lowest BCUT2D eigenvalue weighted by atomic mass is 9.47. The van der Waals surface area contributed by atoms with Crippen molar-refractivity contribution >= 4 is 57.6 Å². The molecule has 12 aliphatic rings. The molecule has 7 unspecified atom stereocenters. The Hall–Kier alpha value is -5.27. The van der Waals surface area contributed by atoms with Crippen molar-refractivity contribution in [2.75, 3.05) is 6.61 Å². The minimum Gasteiger partial charge on any atom is -0.458 e. The number of imide groups is 2. The molecule has 12 rings (SSSR count). The Morgan fingerprint density at radius 3 is 1.60 bits per heavy atom. The average molecular weight is 1180 g/mol. The van der Waals surface area contributed by atoms with Crippen LogP contribution in [0.25, 0.3) is 0 Å². The zero-order valence-corrected chi connectivity index (χ0v) is 51.7. The van der Waals surface area contributed by atoms with Gasteiger partial charge in [-0.2, -0.15) is 8.42 Å². The molecular weight excluding hydrogens is 1080 g/mol. The highest BCUT2D eigenvalue weighted by molar-refractivity contribution is 7.87.